The third-order valence-corrected chi connectivity index (χ3v) is 2.13. The van der Waals surface area contributed by atoms with Gasteiger partial charge in [-0.05, 0) is 18.0 Å². The van der Waals surface area contributed by atoms with Crippen molar-refractivity contribution < 1.29 is 5.11 Å². The molecule has 2 rings (SSSR count). The molecule has 0 unspecified atom stereocenters. The summed E-state index contributed by atoms with van der Waals surface area (Å²) >= 11 is 0. The van der Waals surface area contributed by atoms with Gasteiger partial charge in [0.1, 0.15) is 11.4 Å². The van der Waals surface area contributed by atoms with Crippen molar-refractivity contribution in [3.05, 3.63) is 48.7 Å². The topological polar surface area (TPSA) is 32.6 Å². The first kappa shape index (κ1) is 9.29. The third-order valence-electron chi connectivity index (χ3n) is 2.13. The number of hydrogen-bond acceptors (Lipinski definition) is 2. The second kappa shape index (κ2) is 3.85. The Kier molecular flexibility index (Phi) is 2.38. The van der Waals surface area contributed by atoms with Crippen LogP contribution < -0.4 is 0 Å². The van der Waals surface area contributed by atoms with Crippen LogP contribution in [-0.4, -0.2) is 11.0 Å². The van der Waals surface area contributed by atoms with Gasteiger partial charge >= 0.3 is 0 Å². The van der Waals surface area contributed by atoms with Crippen LogP contribution in [0.15, 0.2) is 53.7 Å². The maximum absolute atomic E-state index is 9.89. The second-order valence-corrected chi connectivity index (χ2v) is 3.05. The van der Waals surface area contributed by atoms with Crippen molar-refractivity contribution in [3.8, 4) is 5.75 Å². The number of rotatable bonds is 1. The lowest BCUT2D eigenvalue weighted by atomic mass is 10.1. The van der Waals surface area contributed by atoms with Crippen molar-refractivity contribution in [2.24, 2.45) is 4.99 Å². The van der Waals surface area contributed by atoms with Crippen LogP contribution in [-0.2, 0) is 0 Å². The number of hydrogen-bond donors (Lipinski definition) is 1. The lowest BCUT2D eigenvalue weighted by Gasteiger charge is -2.02. The monoisotopic (exact) mass is 195 g/mol. The van der Waals surface area contributed by atoms with E-state index in [9.17, 15) is 5.11 Å². The molecule has 0 radical (unpaired) electrons. The molecule has 2 aromatic rings. The summed E-state index contributed by atoms with van der Waals surface area (Å²) < 4.78 is 0. The Hall–Kier alpha value is -2.27. The Bertz CT molecular complexity index is 589. The van der Waals surface area contributed by atoms with Crippen molar-refractivity contribution in [1.82, 2.24) is 0 Å². The van der Waals surface area contributed by atoms with Gasteiger partial charge in [-0.25, -0.2) is 0 Å². The van der Waals surface area contributed by atoms with Crippen LogP contribution in [0, 0.1) is 0 Å². The molecule has 15 heavy (non-hydrogen) atoms. The molecule has 0 amide bonds. The van der Waals surface area contributed by atoms with E-state index in [4.69, 9.17) is 0 Å². The van der Waals surface area contributed by atoms with Crippen LogP contribution in [0.1, 0.15) is 0 Å². The van der Waals surface area contributed by atoms with Crippen molar-refractivity contribution in [2.75, 3.05) is 0 Å². The Labute approximate surface area is 87.5 Å². The van der Waals surface area contributed by atoms with E-state index in [0.29, 0.717) is 5.69 Å². The van der Waals surface area contributed by atoms with Gasteiger partial charge in [-0.15, -0.1) is 0 Å². The van der Waals surface area contributed by atoms with Crippen molar-refractivity contribution in [3.63, 3.8) is 0 Å². The highest BCUT2D eigenvalue weighted by atomic mass is 16.3. The molecule has 2 heteroatoms. The standard InChI is InChI=1S/C13H9NO/c1-2-9-14-12-8-7-10-5-3-4-6-11(10)13(12)15/h3-8,15H,1H2. The molecule has 2 aromatic carbocycles. The maximum Gasteiger partial charge on any atom is 0.149 e. The molecule has 72 valence electrons. The van der Waals surface area contributed by atoms with Gasteiger partial charge in [0.05, 0.1) is 0 Å². The van der Waals surface area contributed by atoms with E-state index in [1.165, 1.54) is 0 Å². The third kappa shape index (κ3) is 1.68. The molecule has 0 aliphatic carbocycles. The fourth-order valence-corrected chi connectivity index (χ4v) is 1.43. The van der Waals surface area contributed by atoms with Gasteiger partial charge < -0.3 is 5.11 Å². The smallest absolute Gasteiger partial charge is 0.149 e. The van der Waals surface area contributed by atoms with Crippen LogP contribution in [0.4, 0.5) is 5.69 Å². The Morgan fingerprint density at radius 1 is 1.13 bits per heavy atom. The number of aromatic hydroxyl groups is 1. The van der Waals surface area contributed by atoms with Gasteiger partial charge in [-0.1, -0.05) is 36.1 Å². The average molecular weight is 195 g/mol. The number of aliphatic imine (C=N–C) groups is 1. The van der Waals surface area contributed by atoms with Gasteiger partial charge in [0.25, 0.3) is 0 Å². The molecule has 0 bridgehead atoms. The zero-order valence-corrected chi connectivity index (χ0v) is 8.07. The Morgan fingerprint density at radius 3 is 2.73 bits per heavy atom. The lowest BCUT2D eigenvalue weighted by molar-refractivity contribution is 0.483. The number of phenolic OH excluding ortho intramolecular Hbond substituents is 1. The quantitative estimate of drug-likeness (QED) is 0.550. The minimum atomic E-state index is 0.163. The molecule has 1 N–H and O–H groups in total. The first-order valence-corrected chi connectivity index (χ1v) is 4.51. The minimum Gasteiger partial charge on any atom is -0.505 e. The van der Waals surface area contributed by atoms with E-state index in [-0.39, 0.29) is 5.75 Å². The van der Waals surface area contributed by atoms with Gasteiger partial charge in [0.15, 0.2) is 0 Å². The molecule has 0 aliphatic heterocycles. The maximum atomic E-state index is 9.89. The lowest BCUT2D eigenvalue weighted by Crippen LogP contribution is -1.74. The molecule has 0 saturated carbocycles. The van der Waals surface area contributed by atoms with Gasteiger partial charge in [0, 0.05) is 11.3 Å². The molecule has 0 fully saturated rings. The van der Waals surface area contributed by atoms with Crippen molar-refractivity contribution >= 4 is 22.3 Å². The molecular weight excluding hydrogens is 186 g/mol. The molecule has 0 heterocycles. The summed E-state index contributed by atoms with van der Waals surface area (Å²) in [6.07, 6.45) is 0. The zero-order chi connectivity index (χ0) is 10.7. The summed E-state index contributed by atoms with van der Waals surface area (Å²) in [4.78, 5) is 3.90. The first-order chi connectivity index (χ1) is 7.33. The minimum absolute atomic E-state index is 0.163. The summed E-state index contributed by atoms with van der Waals surface area (Å²) in [7, 11) is 0. The highest BCUT2D eigenvalue weighted by molar-refractivity contribution is 5.92. The summed E-state index contributed by atoms with van der Waals surface area (Å²) in [5.74, 6) is 2.64. The summed E-state index contributed by atoms with van der Waals surface area (Å²) in [5.41, 5.74) is 2.89. The van der Waals surface area contributed by atoms with E-state index in [0.717, 1.165) is 10.8 Å². The second-order valence-electron chi connectivity index (χ2n) is 3.05. The largest absolute Gasteiger partial charge is 0.505 e. The fraction of sp³-hybridized carbons (Fsp3) is 0. The van der Waals surface area contributed by atoms with Crippen molar-refractivity contribution in [1.29, 1.82) is 0 Å². The number of phenols is 1. The predicted molar refractivity (Wildman–Crippen MR) is 61.8 cm³/mol. The van der Waals surface area contributed by atoms with Crippen molar-refractivity contribution in [2.45, 2.75) is 0 Å². The van der Waals surface area contributed by atoms with Gasteiger partial charge in [-0.3, -0.25) is 0 Å². The molecule has 2 nitrogen and oxygen atoms in total. The number of fused-ring (bicyclic) bond motifs is 1. The summed E-state index contributed by atoms with van der Waals surface area (Å²) in [6, 6.07) is 11.2. The van der Waals surface area contributed by atoms with Gasteiger partial charge in [0.2, 0.25) is 0 Å². The molecule has 0 aliphatic rings. The summed E-state index contributed by atoms with van der Waals surface area (Å²) in [6.45, 7) is 3.36. The van der Waals surface area contributed by atoms with E-state index in [1.807, 2.05) is 30.3 Å². The van der Waals surface area contributed by atoms with E-state index >= 15 is 0 Å². The van der Waals surface area contributed by atoms with Crippen LogP contribution in [0.5, 0.6) is 5.75 Å². The summed E-state index contributed by atoms with van der Waals surface area (Å²) in [5, 5.41) is 11.7. The number of nitrogens with zero attached hydrogens (tertiary/aromatic N) is 1. The molecular formula is C13H9NO. The van der Waals surface area contributed by atoms with E-state index < -0.39 is 0 Å². The Morgan fingerprint density at radius 2 is 1.93 bits per heavy atom. The van der Waals surface area contributed by atoms with Crippen LogP contribution in [0.3, 0.4) is 0 Å². The molecule has 0 aromatic heterocycles. The van der Waals surface area contributed by atoms with Crippen LogP contribution in [0.2, 0.25) is 0 Å². The van der Waals surface area contributed by atoms with Crippen LogP contribution >= 0.6 is 0 Å². The zero-order valence-electron chi connectivity index (χ0n) is 8.07. The SMILES string of the molecule is C=C=C=Nc1ccc2ccccc2c1O. The highest BCUT2D eigenvalue weighted by Crippen LogP contribution is 2.33. The molecule has 0 saturated heterocycles. The van der Waals surface area contributed by atoms with Crippen LogP contribution in [0.25, 0.3) is 10.8 Å². The van der Waals surface area contributed by atoms with E-state index in [2.05, 4.69) is 23.2 Å². The predicted octanol–water partition coefficient (Wildman–Crippen LogP) is 3.19. The first-order valence-electron chi connectivity index (χ1n) is 4.51. The highest BCUT2D eigenvalue weighted by Gasteiger charge is 2.03. The fourth-order valence-electron chi connectivity index (χ4n) is 1.43. The van der Waals surface area contributed by atoms with Gasteiger partial charge in [-0.2, -0.15) is 4.99 Å². The average Bonchev–Trinajstić information content (AvgIpc) is 2.29. The molecule has 0 spiro atoms. The van der Waals surface area contributed by atoms with E-state index in [1.54, 1.807) is 6.07 Å². The normalized spacial score (nSPS) is 9.33. The number of benzene rings is 2. The Balaban J connectivity index is 2.75. The molecule has 0 atom stereocenters.